The molecule has 3 heterocycles. The number of thiazole rings is 2. The second-order valence-corrected chi connectivity index (χ2v) is 18.5. The number of hydrogen-bond acceptors (Lipinski definition) is 9. The molecule has 1 amide bonds. The van der Waals surface area contributed by atoms with E-state index in [0.29, 0.717) is 33.8 Å². The van der Waals surface area contributed by atoms with Crippen molar-refractivity contribution >= 4 is 47.7 Å². The van der Waals surface area contributed by atoms with Crippen LogP contribution in [0.5, 0.6) is 0 Å². The highest BCUT2D eigenvalue weighted by Gasteiger charge is 2.36. The number of benzene rings is 2. The van der Waals surface area contributed by atoms with Crippen molar-refractivity contribution < 1.29 is 9.22 Å². The molecule has 5 aromatic rings. The zero-order valence-electron chi connectivity index (χ0n) is 26.0. The summed E-state index contributed by atoms with van der Waals surface area (Å²) in [7, 11) is -1.74. The Balaban J connectivity index is 1.24. The van der Waals surface area contributed by atoms with Gasteiger partial charge in [0.15, 0.2) is 14.0 Å². The van der Waals surface area contributed by atoms with Crippen LogP contribution in [0.2, 0.25) is 18.1 Å². The van der Waals surface area contributed by atoms with Gasteiger partial charge in [-0.25, -0.2) is 9.97 Å². The zero-order valence-corrected chi connectivity index (χ0v) is 28.7. The molecule has 0 aliphatic rings. The number of hydrogen-bond donors (Lipinski definition) is 2. The van der Waals surface area contributed by atoms with E-state index in [1.807, 2.05) is 47.8 Å². The molecule has 0 aliphatic heterocycles. The van der Waals surface area contributed by atoms with Crippen LogP contribution in [0.4, 0.5) is 10.8 Å². The second kappa shape index (κ2) is 13.9. The van der Waals surface area contributed by atoms with Crippen LogP contribution in [0.25, 0.3) is 27.6 Å². The first-order chi connectivity index (χ1) is 21.5. The van der Waals surface area contributed by atoms with Crippen molar-refractivity contribution in [2.24, 2.45) is 10.2 Å². The number of amides is 1. The molecular weight excluding hydrogens is 623 g/mol. The highest BCUT2D eigenvalue weighted by atomic mass is 32.1. The van der Waals surface area contributed by atoms with Crippen molar-refractivity contribution in [1.82, 2.24) is 25.1 Å². The molecule has 2 aromatic carbocycles. The lowest BCUT2D eigenvalue weighted by Gasteiger charge is -2.36. The molecule has 0 aliphatic carbocycles. The van der Waals surface area contributed by atoms with Crippen LogP contribution in [0.1, 0.15) is 44.0 Å². The summed E-state index contributed by atoms with van der Waals surface area (Å²) < 4.78 is 7.60. The van der Waals surface area contributed by atoms with Gasteiger partial charge in [0, 0.05) is 46.8 Å². The van der Waals surface area contributed by atoms with Crippen LogP contribution in [-0.4, -0.2) is 47.1 Å². The van der Waals surface area contributed by atoms with Crippen molar-refractivity contribution in [3.63, 3.8) is 0 Å². The first kappa shape index (κ1) is 32.4. The second-order valence-electron chi connectivity index (χ2n) is 12.0. The van der Waals surface area contributed by atoms with Crippen molar-refractivity contribution in [2.75, 3.05) is 13.2 Å². The Morgan fingerprint density at radius 1 is 1.02 bits per heavy atom. The minimum absolute atomic E-state index is 0.114. The first-order valence-corrected chi connectivity index (χ1v) is 19.4. The molecule has 2 N–H and O–H groups in total. The smallest absolute Gasteiger partial charge is 0.301 e. The Kier molecular flexibility index (Phi) is 10.0. The maximum absolute atomic E-state index is 13.5. The standard InChI is InChI=1S/C32H37N7O3S2Si/c1-32(2,3)45(4,5)42-19-10-9-17-33-28(40)24-15-13-22(14-16-24)25-21-44-31(35-25)39-29(41)27(36-37-30-34-18-20-43-30)26(38-39)23-11-7-6-8-12-23/h6-8,11-16,18,20-21,38H,9-10,17,19H2,1-5H3,(H,33,40). The fraction of sp³-hybridized carbons (Fsp3) is 0.312. The van der Waals surface area contributed by atoms with E-state index in [-0.39, 0.29) is 22.2 Å². The number of carbonyl (C=O) groups is 1. The molecule has 10 nitrogen and oxygen atoms in total. The lowest BCUT2D eigenvalue weighted by molar-refractivity contribution is 0.0952. The fourth-order valence-corrected chi connectivity index (χ4v) is 6.52. The van der Waals surface area contributed by atoms with Gasteiger partial charge in [-0.15, -0.1) is 32.9 Å². The van der Waals surface area contributed by atoms with E-state index in [9.17, 15) is 9.59 Å². The number of nitrogens with one attached hydrogen (secondary N) is 2. The molecule has 0 saturated heterocycles. The topological polar surface area (TPSA) is 127 Å². The van der Waals surface area contributed by atoms with Crippen LogP contribution >= 0.6 is 22.7 Å². The van der Waals surface area contributed by atoms with E-state index in [2.05, 4.69) is 59.5 Å². The van der Waals surface area contributed by atoms with E-state index >= 15 is 0 Å². The molecule has 234 valence electrons. The van der Waals surface area contributed by atoms with Crippen LogP contribution < -0.4 is 10.9 Å². The molecular formula is C32H37N7O3S2Si. The van der Waals surface area contributed by atoms with Crippen molar-refractivity contribution in [2.45, 2.75) is 51.7 Å². The summed E-state index contributed by atoms with van der Waals surface area (Å²) in [6, 6.07) is 16.8. The highest BCUT2D eigenvalue weighted by molar-refractivity contribution is 7.13. The van der Waals surface area contributed by atoms with Crippen LogP contribution in [0, 0.1) is 0 Å². The molecule has 45 heavy (non-hydrogen) atoms. The van der Waals surface area contributed by atoms with Crippen molar-refractivity contribution in [3.8, 4) is 27.6 Å². The summed E-state index contributed by atoms with van der Waals surface area (Å²) in [5.41, 5.74) is 3.25. The number of unbranched alkanes of at least 4 members (excludes halogenated alkanes) is 1. The number of aromatic nitrogens is 4. The molecule has 0 unspecified atom stereocenters. The van der Waals surface area contributed by atoms with Gasteiger partial charge in [-0.2, -0.15) is 4.68 Å². The predicted molar refractivity (Wildman–Crippen MR) is 184 cm³/mol. The average Bonchev–Trinajstić information content (AvgIpc) is 3.79. The van der Waals surface area contributed by atoms with E-state index in [0.717, 1.165) is 30.6 Å². The minimum Gasteiger partial charge on any atom is -0.417 e. The molecule has 0 spiro atoms. The molecule has 0 fully saturated rings. The zero-order chi connectivity index (χ0) is 32.0. The summed E-state index contributed by atoms with van der Waals surface area (Å²) in [5.74, 6) is -0.114. The number of azo groups is 1. The first-order valence-electron chi connectivity index (χ1n) is 14.7. The number of H-pyrrole nitrogens is 1. The Morgan fingerprint density at radius 2 is 1.78 bits per heavy atom. The minimum atomic E-state index is -1.74. The van der Waals surface area contributed by atoms with Crippen LogP contribution in [0.15, 0.2) is 86.6 Å². The molecule has 0 atom stereocenters. The third-order valence-corrected chi connectivity index (χ3v) is 13.9. The van der Waals surface area contributed by atoms with Crippen molar-refractivity contribution in [3.05, 3.63) is 87.5 Å². The lowest BCUT2D eigenvalue weighted by Crippen LogP contribution is -2.41. The number of aromatic amines is 1. The van der Waals surface area contributed by atoms with E-state index in [1.54, 1.807) is 23.7 Å². The summed E-state index contributed by atoms with van der Waals surface area (Å²) in [6.07, 6.45) is 3.40. The highest BCUT2D eigenvalue weighted by Crippen LogP contribution is 2.36. The Labute approximate surface area is 271 Å². The van der Waals surface area contributed by atoms with Gasteiger partial charge in [-0.3, -0.25) is 14.7 Å². The van der Waals surface area contributed by atoms with Gasteiger partial charge in [0.1, 0.15) is 0 Å². The Hall–Kier alpha value is -4.04. The van der Waals surface area contributed by atoms with Gasteiger partial charge in [0.25, 0.3) is 5.91 Å². The normalized spacial score (nSPS) is 12.2. The fourth-order valence-electron chi connectivity index (χ4n) is 4.19. The number of nitrogens with zero attached hydrogens (tertiary/aromatic N) is 5. The quantitative estimate of drug-likeness (QED) is 0.0791. The van der Waals surface area contributed by atoms with E-state index in [4.69, 9.17) is 9.41 Å². The Bertz CT molecular complexity index is 1800. The van der Waals surface area contributed by atoms with Crippen LogP contribution in [0.3, 0.4) is 0 Å². The van der Waals surface area contributed by atoms with Gasteiger partial charge < -0.3 is 9.74 Å². The largest absolute Gasteiger partial charge is 0.417 e. The number of carbonyl (C=O) groups excluding carboxylic acids is 1. The summed E-state index contributed by atoms with van der Waals surface area (Å²) in [6.45, 7) is 12.5. The van der Waals surface area contributed by atoms with Crippen LogP contribution in [-0.2, 0) is 4.43 Å². The third-order valence-electron chi connectivity index (χ3n) is 7.84. The molecule has 0 saturated carbocycles. The molecule has 0 radical (unpaired) electrons. The summed E-state index contributed by atoms with van der Waals surface area (Å²) >= 11 is 2.66. The van der Waals surface area contributed by atoms with E-state index < -0.39 is 8.32 Å². The van der Waals surface area contributed by atoms with Gasteiger partial charge in [0.2, 0.25) is 10.3 Å². The van der Waals surface area contributed by atoms with Gasteiger partial charge >= 0.3 is 5.56 Å². The monoisotopic (exact) mass is 659 g/mol. The lowest BCUT2D eigenvalue weighted by atomic mass is 10.1. The maximum atomic E-state index is 13.5. The predicted octanol–water partition coefficient (Wildman–Crippen LogP) is 8.36. The SMILES string of the molecule is CC(C)(C)[Si](C)(C)OCCCCNC(=O)c1ccc(-c2csc(-n3[nH]c(-c4ccccc4)c(N=Nc4nccs4)c3=O)n2)cc1. The third kappa shape index (κ3) is 7.79. The molecule has 3 aromatic heterocycles. The molecule has 5 rings (SSSR count). The average molecular weight is 660 g/mol. The van der Waals surface area contributed by atoms with Gasteiger partial charge in [-0.1, -0.05) is 63.2 Å². The van der Waals surface area contributed by atoms with Gasteiger partial charge in [-0.05, 0) is 43.1 Å². The summed E-state index contributed by atoms with van der Waals surface area (Å²) in [5, 5.41) is 19.4. The molecule has 0 bridgehead atoms. The summed E-state index contributed by atoms with van der Waals surface area (Å²) in [4.78, 5) is 35.0. The van der Waals surface area contributed by atoms with Crippen molar-refractivity contribution in [1.29, 1.82) is 0 Å². The Morgan fingerprint density at radius 3 is 2.47 bits per heavy atom. The number of rotatable bonds is 12. The van der Waals surface area contributed by atoms with Gasteiger partial charge in [0.05, 0.1) is 11.4 Å². The molecule has 13 heteroatoms. The maximum Gasteiger partial charge on any atom is 0.301 e. The van der Waals surface area contributed by atoms with E-state index in [1.165, 1.54) is 27.4 Å².